The van der Waals surface area contributed by atoms with Gasteiger partial charge < -0.3 is 0 Å². The zero-order chi connectivity index (χ0) is 13.8. The van der Waals surface area contributed by atoms with Crippen LogP contribution in [0.5, 0.6) is 0 Å². The second kappa shape index (κ2) is 6.42. The molecule has 1 atom stereocenters. The van der Waals surface area contributed by atoms with Gasteiger partial charge in [0, 0.05) is 17.1 Å². The molecule has 2 heterocycles. The molecule has 0 radical (unpaired) electrons. The lowest BCUT2D eigenvalue weighted by Gasteiger charge is -2.32. The number of pyridine rings is 1. The molecular formula is C17H20N2S. The predicted octanol–water partition coefficient (Wildman–Crippen LogP) is 4.39. The van der Waals surface area contributed by atoms with Gasteiger partial charge in [-0.05, 0) is 50.2 Å². The number of piperidine rings is 1. The van der Waals surface area contributed by atoms with Crippen molar-refractivity contribution in [3.63, 3.8) is 0 Å². The standard InChI is InChI=1S/C17H20N2S/c1-19-12-6-5-9-16(19)14-10-11-17(18-13-14)20-15-7-3-2-4-8-15/h2-4,7-8,10-11,13,16H,5-6,9,12H2,1H3. The molecule has 0 aliphatic carbocycles. The molecule has 1 unspecified atom stereocenters. The summed E-state index contributed by atoms with van der Waals surface area (Å²) in [7, 11) is 2.22. The van der Waals surface area contributed by atoms with Gasteiger partial charge in [-0.1, -0.05) is 42.4 Å². The van der Waals surface area contributed by atoms with Crippen molar-refractivity contribution in [2.24, 2.45) is 0 Å². The molecule has 20 heavy (non-hydrogen) atoms. The van der Waals surface area contributed by atoms with Gasteiger partial charge in [0.15, 0.2) is 0 Å². The van der Waals surface area contributed by atoms with E-state index in [4.69, 9.17) is 0 Å². The molecule has 1 saturated heterocycles. The summed E-state index contributed by atoms with van der Waals surface area (Å²) in [5, 5.41) is 1.07. The third-order valence-electron chi connectivity index (χ3n) is 3.88. The number of benzene rings is 1. The Hall–Kier alpha value is -1.32. The monoisotopic (exact) mass is 284 g/mol. The van der Waals surface area contributed by atoms with E-state index >= 15 is 0 Å². The molecule has 3 rings (SSSR count). The van der Waals surface area contributed by atoms with Gasteiger partial charge in [-0.15, -0.1) is 0 Å². The Kier molecular flexibility index (Phi) is 4.38. The van der Waals surface area contributed by atoms with E-state index < -0.39 is 0 Å². The number of nitrogens with zero attached hydrogens (tertiary/aromatic N) is 2. The predicted molar refractivity (Wildman–Crippen MR) is 84.0 cm³/mol. The Labute approximate surface area is 125 Å². The number of aromatic nitrogens is 1. The molecule has 0 bridgehead atoms. The molecule has 1 fully saturated rings. The molecular weight excluding hydrogens is 264 g/mol. The van der Waals surface area contributed by atoms with Crippen molar-refractivity contribution in [3.05, 3.63) is 54.2 Å². The SMILES string of the molecule is CN1CCCCC1c1ccc(Sc2ccccc2)nc1. The summed E-state index contributed by atoms with van der Waals surface area (Å²) in [6.45, 7) is 1.20. The van der Waals surface area contributed by atoms with Gasteiger partial charge in [-0.25, -0.2) is 4.98 Å². The maximum atomic E-state index is 4.62. The molecule has 2 aromatic rings. The largest absolute Gasteiger partial charge is 0.299 e. The molecule has 1 aromatic heterocycles. The molecule has 0 amide bonds. The van der Waals surface area contributed by atoms with Crippen LogP contribution in [0.1, 0.15) is 30.9 Å². The van der Waals surface area contributed by atoms with Gasteiger partial charge >= 0.3 is 0 Å². The van der Waals surface area contributed by atoms with Crippen LogP contribution in [0.2, 0.25) is 0 Å². The first kappa shape index (κ1) is 13.7. The Balaban J connectivity index is 1.71. The van der Waals surface area contributed by atoms with Crippen LogP contribution in [0.15, 0.2) is 58.6 Å². The number of rotatable bonds is 3. The van der Waals surface area contributed by atoms with Crippen molar-refractivity contribution in [1.82, 2.24) is 9.88 Å². The summed E-state index contributed by atoms with van der Waals surface area (Å²) in [6, 6.07) is 15.3. The maximum absolute atomic E-state index is 4.62. The van der Waals surface area contributed by atoms with Crippen molar-refractivity contribution >= 4 is 11.8 Å². The van der Waals surface area contributed by atoms with E-state index in [0.29, 0.717) is 6.04 Å². The summed E-state index contributed by atoms with van der Waals surface area (Å²) < 4.78 is 0. The zero-order valence-corrected chi connectivity index (χ0v) is 12.6. The van der Waals surface area contributed by atoms with Crippen LogP contribution in [0.25, 0.3) is 0 Å². The second-order valence-corrected chi connectivity index (χ2v) is 6.43. The normalized spacial score (nSPS) is 19.9. The summed E-state index contributed by atoms with van der Waals surface area (Å²) in [5.41, 5.74) is 1.35. The lowest BCUT2D eigenvalue weighted by molar-refractivity contribution is 0.187. The molecule has 0 saturated carbocycles. The fraction of sp³-hybridized carbons (Fsp3) is 0.353. The highest BCUT2D eigenvalue weighted by molar-refractivity contribution is 7.99. The van der Waals surface area contributed by atoms with Gasteiger partial charge in [-0.2, -0.15) is 0 Å². The third-order valence-corrected chi connectivity index (χ3v) is 4.84. The van der Waals surface area contributed by atoms with Gasteiger partial charge in [0.1, 0.15) is 5.03 Å². The van der Waals surface area contributed by atoms with Crippen molar-refractivity contribution in [3.8, 4) is 0 Å². The number of hydrogen-bond donors (Lipinski definition) is 0. The van der Waals surface area contributed by atoms with Crippen LogP contribution in [0.4, 0.5) is 0 Å². The molecule has 1 aliphatic heterocycles. The first-order valence-corrected chi connectivity index (χ1v) is 8.04. The quantitative estimate of drug-likeness (QED) is 0.831. The van der Waals surface area contributed by atoms with Gasteiger partial charge in [0.05, 0.1) is 0 Å². The molecule has 0 spiro atoms. The minimum atomic E-state index is 0.548. The summed E-state index contributed by atoms with van der Waals surface area (Å²) in [4.78, 5) is 8.31. The highest BCUT2D eigenvalue weighted by atomic mass is 32.2. The average Bonchev–Trinajstić information content (AvgIpc) is 2.50. The summed E-state index contributed by atoms with van der Waals surface area (Å²) in [6.07, 6.45) is 5.96. The minimum absolute atomic E-state index is 0.548. The number of hydrogen-bond acceptors (Lipinski definition) is 3. The smallest absolute Gasteiger partial charge is 0.101 e. The number of likely N-dealkylation sites (tertiary alicyclic amines) is 1. The fourth-order valence-corrected chi connectivity index (χ4v) is 3.53. The van der Waals surface area contributed by atoms with Gasteiger partial charge in [0.25, 0.3) is 0 Å². The zero-order valence-electron chi connectivity index (χ0n) is 11.8. The van der Waals surface area contributed by atoms with E-state index in [-0.39, 0.29) is 0 Å². The topological polar surface area (TPSA) is 16.1 Å². The van der Waals surface area contributed by atoms with Crippen LogP contribution in [-0.4, -0.2) is 23.5 Å². The van der Waals surface area contributed by atoms with E-state index in [1.807, 2.05) is 6.07 Å². The van der Waals surface area contributed by atoms with E-state index in [9.17, 15) is 0 Å². The highest BCUT2D eigenvalue weighted by Crippen LogP contribution is 2.31. The summed E-state index contributed by atoms with van der Waals surface area (Å²) >= 11 is 1.72. The van der Waals surface area contributed by atoms with Gasteiger partial charge in [-0.3, -0.25) is 4.90 Å². The Morgan fingerprint density at radius 1 is 1.10 bits per heavy atom. The van der Waals surface area contributed by atoms with Gasteiger partial charge in [0.2, 0.25) is 0 Å². The van der Waals surface area contributed by atoms with E-state index in [1.54, 1.807) is 11.8 Å². The van der Waals surface area contributed by atoms with Crippen LogP contribution < -0.4 is 0 Å². The first-order chi connectivity index (χ1) is 9.83. The van der Waals surface area contributed by atoms with Crippen molar-refractivity contribution in [2.45, 2.75) is 35.2 Å². The average molecular weight is 284 g/mol. The molecule has 2 nitrogen and oxygen atoms in total. The lowest BCUT2D eigenvalue weighted by Crippen LogP contribution is -2.29. The lowest BCUT2D eigenvalue weighted by atomic mass is 9.97. The van der Waals surface area contributed by atoms with Crippen LogP contribution in [0.3, 0.4) is 0 Å². The van der Waals surface area contributed by atoms with E-state index in [0.717, 1.165) is 5.03 Å². The Morgan fingerprint density at radius 2 is 1.95 bits per heavy atom. The molecule has 104 valence electrons. The van der Waals surface area contributed by atoms with Crippen LogP contribution >= 0.6 is 11.8 Å². The minimum Gasteiger partial charge on any atom is -0.299 e. The van der Waals surface area contributed by atoms with Crippen LogP contribution in [0, 0.1) is 0 Å². The summed E-state index contributed by atoms with van der Waals surface area (Å²) in [5.74, 6) is 0. The fourth-order valence-electron chi connectivity index (χ4n) is 2.75. The second-order valence-electron chi connectivity index (χ2n) is 5.34. The van der Waals surface area contributed by atoms with E-state index in [1.165, 1.54) is 36.3 Å². The molecule has 1 aliphatic rings. The molecule has 0 N–H and O–H groups in total. The Bertz CT molecular complexity index is 539. The molecule has 3 heteroatoms. The van der Waals surface area contributed by atoms with Crippen molar-refractivity contribution < 1.29 is 0 Å². The Morgan fingerprint density at radius 3 is 2.65 bits per heavy atom. The molecule has 1 aromatic carbocycles. The van der Waals surface area contributed by atoms with Crippen molar-refractivity contribution in [1.29, 1.82) is 0 Å². The third kappa shape index (κ3) is 3.22. The first-order valence-electron chi connectivity index (χ1n) is 7.22. The maximum Gasteiger partial charge on any atom is 0.101 e. The highest BCUT2D eigenvalue weighted by Gasteiger charge is 2.20. The van der Waals surface area contributed by atoms with Crippen LogP contribution in [-0.2, 0) is 0 Å². The van der Waals surface area contributed by atoms with E-state index in [2.05, 4.69) is 59.5 Å². The van der Waals surface area contributed by atoms with Crippen molar-refractivity contribution in [2.75, 3.05) is 13.6 Å².